The van der Waals surface area contributed by atoms with E-state index >= 15 is 0 Å². The second kappa shape index (κ2) is 9.44. The van der Waals surface area contributed by atoms with Gasteiger partial charge in [-0.25, -0.2) is 4.79 Å². The predicted molar refractivity (Wildman–Crippen MR) is 150 cm³/mol. The molecule has 0 radical (unpaired) electrons. The molecule has 0 aromatic heterocycles. The molecule has 0 spiro atoms. The predicted octanol–water partition coefficient (Wildman–Crippen LogP) is 6.67. The van der Waals surface area contributed by atoms with Crippen molar-refractivity contribution in [2.24, 2.45) is 57.2 Å². The molecule has 208 valence electrons. The van der Waals surface area contributed by atoms with Gasteiger partial charge in [-0.05, 0) is 121 Å². The van der Waals surface area contributed by atoms with Gasteiger partial charge in [0, 0.05) is 12.1 Å². The minimum Gasteiger partial charge on any atom is -0.478 e. The van der Waals surface area contributed by atoms with Crippen LogP contribution in [0.15, 0.2) is 23.2 Å². The molecule has 1 aromatic rings. The lowest BCUT2D eigenvalue weighted by molar-refractivity contribution is -0.203. The van der Waals surface area contributed by atoms with Gasteiger partial charge in [-0.3, -0.25) is 4.99 Å². The van der Waals surface area contributed by atoms with Crippen molar-refractivity contribution in [1.82, 2.24) is 0 Å². The van der Waals surface area contributed by atoms with Crippen LogP contribution in [-0.4, -0.2) is 39.2 Å². The zero-order valence-electron chi connectivity index (χ0n) is 23.7. The van der Waals surface area contributed by atoms with E-state index < -0.39 is 5.97 Å². The summed E-state index contributed by atoms with van der Waals surface area (Å²) in [4.78, 5) is 16.6. The van der Waals surface area contributed by atoms with Crippen molar-refractivity contribution in [1.29, 1.82) is 0 Å². The van der Waals surface area contributed by atoms with Crippen LogP contribution in [0.25, 0.3) is 0 Å². The molecule has 4 fully saturated rings. The lowest BCUT2D eigenvalue weighted by atomic mass is 9.41. The zero-order chi connectivity index (χ0) is 27.0. The van der Waals surface area contributed by atoms with Gasteiger partial charge in [0.15, 0.2) is 0 Å². The highest BCUT2D eigenvalue weighted by Crippen LogP contribution is 2.69. The van der Waals surface area contributed by atoms with Crippen LogP contribution < -0.4 is 0 Å². The van der Waals surface area contributed by atoms with E-state index in [1.165, 1.54) is 25.7 Å². The molecule has 6 rings (SSSR count). The van der Waals surface area contributed by atoms with Crippen LogP contribution in [0.3, 0.4) is 0 Å². The molecule has 0 saturated heterocycles. The quantitative estimate of drug-likeness (QED) is 0.404. The Bertz CT molecular complexity index is 1130. The van der Waals surface area contributed by atoms with Crippen molar-refractivity contribution in [3.05, 3.63) is 29.3 Å². The SMILES string of the molecule is CC[C@H]1[C@@H](O)[C@@H]2[C@H](CC[C@]3(C)[C@@H]([C@H](C)CC4=Nc5cccc(C(=O)O)c5C4)CC[C@@H]23)[C@@]2(C)CC[C@@H](O)C[C@@H]12. The molecule has 4 saturated carbocycles. The molecular weight excluding hydrogens is 474 g/mol. The molecule has 11 atom stereocenters. The van der Waals surface area contributed by atoms with Gasteiger partial charge < -0.3 is 15.3 Å². The standard InChI is InChI=1S/C33H47NO4/c1-5-21-27-17-20(35)11-13-33(27,4)26-12-14-32(3)24(9-10-25(32)29(26)30(21)36)18(2)15-19-16-23-22(31(37)38)7-6-8-28(23)34-19/h6-8,18,20-21,24-27,29-30,35-36H,5,9-17H2,1-4H3,(H,37,38)/t18-,20-,21-,24-,25+,26+,27+,29+,30-,32-,33-/m1/s1. The maximum Gasteiger partial charge on any atom is 0.336 e. The summed E-state index contributed by atoms with van der Waals surface area (Å²) in [5, 5.41) is 32.1. The molecular formula is C33H47NO4. The highest BCUT2D eigenvalue weighted by atomic mass is 16.4. The van der Waals surface area contributed by atoms with Crippen LogP contribution in [0, 0.1) is 52.3 Å². The number of hydrogen-bond donors (Lipinski definition) is 3. The van der Waals surface area contributed by atoms with Crippen molar-refractivity contribution in [2.45, 2.75) is 104 Å². The highest BCUT2D eigenvalue weighted by molar-refractivity contribution is 6.00. The number of aromatic carboxylic acids is 1. The Morgan fingerprint density at radius 3 is 2.53 bits per heavy atom. The number of aliphatic hydroxyl groups excluding tert-OH is 2. The van der Waals surface area contributed by atoms with Crippen LogP contribution in [0.2, 0.25) is 0 Å². The molecule has 5 heteroatoms. The molecule has 5 nitrogen and oxygen atoms in total. The number of carbonyl (C=O) groups is 1. The van der Waals surface area contributed by atoms with Crippen molar-refractivity contribution in [3.63, 3.8) is 0 Å². The molecule has 3 N–H and O–H groups in total. The van der Waals surface area contributed by atoms with Crippen LogP contribution in [-0.2, 0) is 6.42 Å². The largest absolute Gasteiger partial charge is 0.478 e. The number of carboxylic acids is 1. The van der Waals surface area contributed by atoms with Gasteiger partial charge in [0.05, 0.1) is 23.5 Å². The van der Waals surface area contributed by atoms with Crippen LogP contribution in [0.1, 0.15) is 101 Å². The monoisotopic (exact) mass is 521 g/mol. The molecule has 1 heterocycles. The van der Waals surface area contributed by atoms with Gasteiger partial charge in [-0.15, -0.1) is 0 Å². The van der Waals surface area contributed by atoms with Gasteiger partial charge in [-0.2, -0.15) is 0 Å². The first-order valence-corrected chi connectivity index (χ1v) is 15.4. The number of benzene rings is 1. The van der Waals surface area contributed by atoms with Crippen molar-refractivity contribution in [2.75, 3.05) is 0 Å². The molecule has 4 aliphatic carbocycles. The second-order valence-corrected chi connectivity index (χ2v) is 14.3. The van der Waals surface area contributed by atoms with E-state index in [1.54, 1.807) is 12.1 Å². The second-order valence-electron chi connectivity index (χ2n) is 14.3. The van der Waals surface area contributed by atoms with E-state index in [4.69, 9.17) is 4.99 Å². The van der Waals surface area contributed by atoms with Gasteiger partial charge >= 0.3 is 5.97 Å². The first-order valence-electron chi connectivity index (χ1n) is 15.4. The Morgan fingerprint density at radius 2 is 1.79 bits per heavy atom. The third kappa shape index (κ3) is 3.85. The van der Waals surface area contributed by atoms with E-state index in [-0.39, 0.29) is 23.0 Å². The van der Waals surface area contributed by atoms with Crippen LogP contribution >= 0.6 is 0 Å². The Hall–Kier alpha value is -1.72. The van der Waals surface area contributed by atoms with Gasteiger partial charge in [0.25, 0.3) is 0 Å². The summed E-state index contributed by atoms with van der Waals surface area (Å²) in [7, 11) is 0. The summed E-state index contributed by atoms with van der Waals surface area (Å²) < 4.78 is 0. The molecule has 0 amide bonds. The fourth-order valence-electron chi connectivity index (χ4n) is 11.0. The van der Waals surface area contributed by atoms with Crippen LogP contribution in [0.5, 0.6) is 0 Å². The Kier molecular flexibility index (Phi) is 6.58. The third-order valence-corrected chi connectivity index (χ3v) is 12.7. The molecule has 1 aromatic carbocycles. The van der Waals surface area contributed by atoms with Crippen molar-refractivity contribution < 1.29 is 20.1 Å². The number of hydrogen-bond acceptors (Lipinski definition) is 4. The Labute approximate surface area is 228 Å². The number of aliphatic hydroxyl groups is 2. The van der Waals surface area contributed by atoms with E-state index in [0.717, 1.165) is 49.1 Å². The number of fused-ring (bicyclic) bond motifs is 6. The fourth-order valence-corrected chi connectivity index (χ4v) is 11.0. The minimum absolute atomic E-state index is 0.201. The third-order valence-electron chi connectivity index (χ3n) is 12.7. The summed E-state index contributed by atoms with van der Waals surface area (Å²) in [6.45, 7) is 9.67. The average molecular weight is 522 g/mol. The molecule has 0 bridgehead atoms. The first-order chi connectivity index (χ1) is 18.1. The Balaban J connectivity index is 1.22. The molecule has 1 aliphatic heterocycles. The molecule has 0 unspecified atom stereocenters. The summed E-state index contributed by atoms with van der Waals surface area (Å²) in [6, 6.07) is 5.44. The maximum atomic E-state index is 11.9. The summed E-state index contributed by atoms with van der Waals surface area (Å²) in [5.74, 6) is 2.45. The van der Waals surface area contributed by atoms with Gasteiger partial charge in [0.1, 0.15) is 0 Å². The van der Waals surface area contributed by atoms with Gasteiger partial charge in [-0.1, -0.05) is 40.2 Å². The van der Waals surface area contributed by atoms with Crippen LogP contribution in [0.4, 0.5) is 5.69 Å². The first kappa shape index (κ1) is 26.5. The van der Waals surface area contributed by atoms with E-state index in [1.807, 2.05) is 6.07 Å². The van der Waals surface area contributed by atoms with E-state index in [9.17, 15) is 20.1 Å². The topological polar surface area (TPSA) is 90.1 Å². The molecule has 38 heavy (non-hydrogen) atoms. The van der Waals surface area contributed by atoms with E-state index in [2.05, 4.69) is 27.7 Å². The zero-order valence-corrected chi connectivity index (χ0v) is 23.7. The Morgan fingerprint density at radius 1 is 1.05 bits per heavy atom. The average Bonchev–Trinajstić information content (AvgIpc) is 3.45. The lowest BCUT2D eigenvalue weighted by Crippen LogP contribution is -2.62. The highest BCUT2D eigenvalue weighted by Gasteiger charge is 2.64. The summed E-state index contributed by atoms with van der Waals surface area (Å²) >= 11 is 0. The van der Waals surface area contributed by atoms with Crippen molar-refractivity contribution in [3.8, 4) is 0 Å². The smallest absolute Gasteiger partial charge is 0.336 e. The maximum absolute atomic E-state index is 11.9. The van der Waals surface area contributed by atoms with Gasteiger partial charge in [0.2, 0.25) is 0 Å². The lowest BCUT2D eigenvalue weighted by Gasteiger charge is -2.64. The minimum atomic E-state index is -0.867. The van der Waals surface area contributed by atoms with E-state index in [0.29, 0.717) is 53.4 Å². The molecule has 5 aliphatic rings. The summed E-state index contributed by atoms with van der Waals surface area (Å²) in [5.41, 5.74) is 3.69. The number of aliphatic imine (C=N–C) groups is 1. The normalized spacial score (nSPS) is 44.4. The van der Waals surface area contributed by atoms with Crippen molar-refractivity contribution >= 4 is 17.4 Å². The number of carboxylic acid groups (broad SMARTS) is 1. The number of rotatable bonds is 5. The fraction of sp³-hybridized carbons (Fsp3) is 0.758. The summed E-state index contributed by atoms with van der Waals surface area (Å²) in [6.07, 6.45) is 9.86. The number of nitrogens with zero attached hydrogens (tertiary/aromatic N) is 1.